The van der Waals surface area contributed by atoms with E-state index in [9.17, 15) is 0 Å². The van der Waals surface area contributed by atoms with Gasteiger partial charge in [-0.05, 0) is 25.3 Å². The van der Waals surface area contributed by atoms with Crippen LogP contribution in [-0.4, -0.2) is 0 Å². The summed E-state index contributed by atoms with van der Waals surface area (Å²) in [7, 11) is 0. The van der Waals surface area contributed by atoms with Crippen molar-refractivity contribution in [3.8, 4) is 0 Å². The topological polar surface area (TPSA) is 0 Å². The molecule has 0 aromatic rings. The quantitative estimate of drug-likeness (QED) is 0.532. The summed E-state index contributed by atoms with van der Waals surface area (Å²) in [4.78, 5) is 0. The van der Waals surface area contributed by atoms with Crippen LogP contribution in [0, 0.1) is 0 Å². The zero-order chi connectivity index (χ0) is 8.69. The van der Waals surface area contributed by atoms with Crippen LogP contribution in [-0.2, 0) is 0 Å². The largest absolute Gasteiger partial charge is 0.0988 e. The summed E-state index contributed by atoms with van der Waals surface area (Å²) < 4.78 is 0. The second-order valence-electron chi connectivity index (χ2n) is 2.46. The normalized spacial score (nSPS) is 15.5. The first-order valence-corrected chi connectivity index (χ1v) is 4.31. The maximum Gasteiger partial charge on any atom is -0.0242 e. The monoisotopic (exact) mass is 150 g/mol. The fraction of sp³-hybridized carbons (Fsp3) is 0.455. The van der Waals surface area contributed by atoms with E-state index in [0.717, 1.165) is 0 Å². The van der Waals surface area contributed by atoms with E-state index in [1.54, 1.807) is 0 Å². The molecule has 11 heavy (non-hydrogen) atoms. The predicted molar refractivity (Wildman–Crippen MR) is 52.6 cm³/mol. The Labute approximate surface area is 70.3 Å². The zero-order valence-electron chi connectivity index (χ0n) is 7.85. The summed E-state index contributed by atoms with van der Waals surface area (Å²) in [5, 5.41) is 0. The number of allylic oxidation sites excluding steroid dienone is 5. The highest BCUT2D eigenvalue weighted by molar-refractivity contribution is 5.28. The smallest absolute Gasteiger partial charge is 0.0242 e. The van der Waals surface area contributed by atoms with Crippen LogP contribution in [0.2, 0.25) is 0 Å². The van der Waals surface area contributed by atoms with Crippen molar-refractivity contribution in [2.75, 3.05) is 0 Å². The van der Waals surface area contributed by atoms with Crippen molar-refractivity contribution in [1.82, 2.24) is 0 Å². The van der Waals surface area contributed by atoms with E-state index < -0.39 is 0 Å². The van der Waals surface area contributed by atoms with Crippen molar-refractivity contribution in [3.63, 3.8) is 0 Å². The van der Waals surface area contributed by atoms with E-state index in [1.165, 1.54) is 24.0 Å². The van der Waals surface area contributed by atoms with E-state index in [1.807, 2.05) is 19.9 Å². The average Bonchev–Trinajstić information content (AvgIpc) is 2.10. The molecule has 0 heteroatoms. The summed E-state index contributed by atoms with van der Waals surface area (Å²) in [5.41, 5.74) is 2.83. The van der Waals surface area contributed by atoms with E-state index >= 15 is 0 Å². The highest BCUT2D eigenvalue weighted by Gasteiger charge is 1.97. The molecule has 1 aliphatic rings. The minimum absolute atomic E-state index is 1.17. The Hall–Kier alpha value is -0.780. The maximum absolute atomic E-state index is 3.71. The zero-order valence-corrected chi connectivity index (χ0v) is 7.85. The molecule has 1 aliphatic carbocycles. The molecule has 0 N–H and O–H groups in total. The lowest BCUT2D eigenvalue weighted by atomic mass is 10.00. The molecule has 62 valence electrons. The van der Waals surface area contributed by atoms with Crippen LogP contribution >= 0.6 is 0 Å². The Morgan fingerprint density at radius 3 is 2.27 bits per heavy atom. The fourth-order valence-corrected chi connectivity index (χ4v) is 0.928. The molecule has 0 atom stereocenters. The Bertz CT molecular complexity index is 170. The molecular formula is C11H18. The van der Waals surface area contributed by atoms with Gasteiger partial charge in [-0.1, -0.05) is 44.2 Å². The highest BCUT2D eigenvalue weighted by atomic mass is 14.0. The van der Waals surface area contributed by atoms with Gasteiger partial charge in [-0.2, -0.15) is 0 Å². The summed E-state index contributed by atoms with van der Waals surface area (Å²) in [6.07, 6.45) is 8.62. The highest BCUT2D eigenvalue weighted by Crippen LogP contribution is 2.17. The summed E-state index contributed by atoms with van der Waals surface area (Å²) in [6.45, 7) is 9.87. The number of hydrogen-bond acceptors (Lipinski definition) is 0. The fourth-order valence-electron chi connectivity index (χ4n) is 0.928. The van der Waals surface area contributed by atoms with Crippen molar-refractivity contribution in [2.45, 2.75) is 33.6 Å². The third-order valence-corrected chi connectivity index (χ3v) is 1.65. The summed E-state index contributed by atoms with van der Waals surface area (Å²) in [5.74, 6) is 0. The molecule has 0 saturated heterocycles. The van der Waals surface area contributed by atoms with Gasteiger partial charge in [0.2, 0.25) is 0 Å². The van der Waals surface area contributed by atoms with Gasteiger partial charge in [-0.25, -0.2) is 0 Å². The van der Waals surface area contributed by atoms with Gasteiger partial charge < -0.3 is 0 Å². The molecule has 0 aromatic carbocycles. The van der Waals surface area contributed by atoms with Gasteiger partial charge in [0.25, 0.3) is 0 Å². The lowest BCUT2D eigenvalue weighted by molar-refractivity contribution is 0.928. The van der Waals surface area contributed by atoms with E-state index in [2.05, 4.69) is 25.7 Å². The molecular weight excluding hydrogens is 132 g/mol. The molecule has 0 amide bonds. The maximum atomic E-state index is 3.71. The number of rotatable bonds is 1. The molecule has 0 aliphatic heterocycles. The van der Waals surface area contributed by atoms with Crippen molar-refractivity contribution in [2.24, 2.45) is 0 Å². The molecule has 0 saturated carbocycles. The lowest BCUT2D eigenvalue weighted by Crippen LogP contribution is -1.86. The van der Waals surface area contributed by atoms with Crippen molar-refractivity contribution in [3.05, 3.63) is 36.0 Å². The molecule has 0 fully saturated rings. The van der Waals surface area contributed by atoms with Gasteiger partial charge >= 0.3 is 0 Å². The summed E-state index contributed by atoms with van der Waals surface area (Å²) >= 11 is 0. The molecule has 0 unspecified atom stereocenters. The predicted octanol–water partition coefficient (Wildman–Crippen LogP) is 3.87. The lowest BCUT2D eigenvalue weighted by Gasteiger charge is -2.06. The van der Waals surface area contributed by atoms with E-state index in [-0.39, 0.29) is 0 Å². The van der Waals surface area contributed by atoms with E-state index in [4.69, 9.17) is 0 Å². The first kappa shape index (κ1) is 10.2. The number of hydrogen-bond donors (Lipinski definition) is 0. The molecule has 1 rings (SSSR count). The van der Waals surface area contributed by atoms with Crippen LogP contribution in [0.3, 0.4) is 0 Å². The van der Waals surface area contributed by atoms with Crippen molar-refractivity contribution < 1.29 is 0 Å². The van der Waals surface area contributed by atoms with Crippen LogP contribution in [0.5, 0.6) is 0 Å². The summed E-state index contributed by atoms with van der Waals surface area (Å²) in [6, 6.07) is 0. The van der Waals surface area contributed by atoms with Gasteiger partial charge in [0.05, 0.1) is 0 Å². The third-order valence-electron chi connectivity index (χ3n) is 1.65. The van der Waals surface area contributed by atoms with Crippen LogP contribution in [0.15, 0.2) is 36.0 Å². The average molecular weight is 150 g/mol. The van der Waals surface area contributed by atoms with Crippen LogP contribution < -0.4 is 0 Å². The Kier molecular flexibility index (Phi) is 5.54. The molecule has 0 nitrogen and oxygen atoms in total. The molecule has 0 radical (unpaired) electrons. The van der Waals surface area contributed by atoms with Crippen LogP contribution in [0.25, 0.3) is 0 Å². The van der Waals surface area contributed by atoms with Crippen molar-refractivity contribution >= 4 is 0 Å². The molecule has 0 heterocycles. The standard InChI is InChI=1S/C9H12.C2H6/c1-3-9-6-4-8(2)5-7-9;1-2/h3-4,6H,1,5,7H2,2H3;1-2H3. The van der Waals surface area contributed by atoms with Gasteiger partial charge in [0, 0.05) is 0 Å². The van der Waals surface area contributed by atoms with E-state index in [0.29, 0.717) is 0 Å². The first-order valence-electron chi connectivity index (χ1n) is 4.31. The van der Waals surface area contributed by atoms with Gasteiger partial charge in [-0.15, -0.1) is 0 Å². The second kappa shape index (κ2) is 5.96. The van der Waals surface area contributed by atoms with Gasteiger partial charge in [0.15, 0.2) is 0 Å². The molecule has 0 bridgehead atoms. The Morgan fingerprint density at radius 1 is 1.27 bits per heavy atom. The Balaban J connectivity index is 0.000000461. The van der Waals surface area contributed by atoms with Crippen LogP contribution in [0.4, 0.5) is 0 Å². The molecule has 0 aromatic heterocycles. The third kappa shape index (κ3) is 3.82. The van der Waals surface area contributed by atoms with Crippen LogP contribution in [0.1, 0.15) is 33.6 Å². The minimum Gasteiger partial charge on any atom is -0.0988 e. The second-order valence-corrected chi connectivity index (χ2v) is 2.46. The minimum atomic E-state index is 1.17. The SMILES string of the molecule is C=CC1=CC=C(C)CC1.CC. The van der Waals surface area contributed by atoms with Gasteiger partial charge in [-0.3, -0.25) is 0 Å². The van der Waals surface area contributed by atoms with Gasteiger partial charge in [0.1, 0.15) is 0 Å². The first-order chi connectivity index (χ1) is 5.33. The molecule has 0 spiro atoms. The Morgan fingerprint density at radius 2 is 1.91 bits per heavy atom. The van der Waals surface area contributed by atoms with Crippen molar-refractivity contribution in [1.29, 1.82) is 0 Å².